The van der Waals surface area contributed by atoms with Gasteiger partial charge in [0.1, 0.15) is 4.32 Å². The van der Waals surface area contributed by atoms with Crippen molar-refractivity contribution in [1.82, 2.24) is 0 Å². The fourth-order valence-corrected chi connectivity index (χ4v) is 0.481. The Morgan fingerprint density at radius 1 is 1.60 bits per heavy atom. The zero-order valence-electron chi connectivity index (χ0n) is 6.61. The van der Waals surface area contributed by atoms with Crippen molar-refractivity contribution < 1.29 is 9.53 Å². The Kier molecular flexibility index (Phi) is 3.94. The van der Waals surface area contributed by atoms with Gasteiger partial charge in [0.2, 0.25) is 0 Å². The fourth-order valence-electron chi connectivity index (χ4n) is 0.366. The van der Waals surface area contributed by atoms with Crippen molar-refractivity contribution in [1.29, 1.82) is 0 Å². The van der Waals surface area contributed by atoms with Gasteiger partial charge in [-0.3, -0.25) is 4.79 Å². The first kappa shape index (κ1) is 9.95. The predicted octanol–water partition coefficient (Wildman–Crippen LogP) is 2.11. The Bertz CT molecular complexity index is 115. The van der Waals surface area contributed by atoms with Crippen LogP contribution >= 0.6 is 15.9 Å². The number of hydrogen-bond donors (Lipinski definition) is 0. The third kappa shape index (κ3) is 3.88. The van der Waals surface area contributed by atoms with E-state index in [9.17, 15) is 4.79 Å². The second-order valence-corrected chi connectivity index (χ2v) is 4.59. The molecule has 0 aliphatic heterocycles. The lowest BCUT2D eigenvalue weighted by molar-refractivity contribution is -0.145. The van der Waals surface area contributed by atoms with Gasteiger partial charge in [0, 0.05) is 0 Å². The van der Waals surface area contributed by atoms with Gasteiger partial charge >= 0.3 is 5.97 Å². The standard InChI is InChI=1S/C7H13BrO2/c1-4-5-10-6(9)7(2,3)8/h4-5H2,1-3H3. The first-order valence-corrected chi connectivity index (χ1v) is 4.14. The number of halogens is 1. The maximum atomic E-state index is 11.0. The van der Waals surface area contributed by atoms with Gasteiger partial charge < -0.3 is 4.74 Å². The van der Waals surface area contributed by atoms with Gasteiger partial charge in [-0.15, -0.1) is 0 Å². The largest absolute Gasteiger partial charge is 0.465 e. The average molecular weight is 209 g/mol. The molecular weight excluding hydrogens is 196 g/mol. The third-order valence-electron chi connectivity index (χ3n) is 0.923. The van der Waals surface area contributed by atoms with Crippen LogP contribution in [0.3, 0.4) is 0 Å². The van der Waals surface area contributed by atoms with E-state index in [-0.39, 0.29) is 5.97 Å². The van der Waals surface area contributed by atoms with E-state index in [2.05, 4.69) is 15.9 Å². The molecule has 0 atom stereocenters. The molecule has 0 unspecified atom stereocenters. The van der Waals surface area contributed by atoms with Crippen LogP contribution < -0.4 is 0 Å². The van der Waals surface area contributed by atoms with Crippen molar-refractivity contribution in [3.8, 4) is 0 Å². The molecule has 0 radical (unpaired) electrons. The topological polar surface area (TPSA) is 26.3 Å². The van der Waals surface area contributed by atoms with Gasteiger partial charge in [0.15, 0.2) is 0 Å². The van der Waals surface area contributed by atoms with E-state index in [0.29, 0.717) is 6.61 Å². The number of carbonyl (C=O) groups excluding carboxylic acids is 1. The van der Waals surface area contributed by atoms with E-state index in [1.165, 1.54) is 0 Å². The second kappa shape index (κ2) is 3.96. The summed E-state index contributed by atoms with van der Waals surface area (Å²) in [5.41, 5.74) is 0. The summed E-state index contributed by atoms with van der Waals surface area (Å²) in [5, 5.41) is 0. The van der Waals surface area contributed by atoms with Gasteiger partial charge in [-0.05, 0) is 20.3 Å². The highest BCUT2D eigenvalue weighted by atomic mass is 79.9. The molecule has 0 aliphatic carbocycles. The summed E-state index contributed by atoms with van der Waals surface area (Å²) in [7, 11) is 0. The Morgan fingerprint density at radius 2 is 2.10 bits per heavy atom. The molecule has 0 aliphatic rings. The molecule has 10 heavy (non-hydrogen) atoms. The van der Waals surface area contributed by atoms with E-state index < -0.39 is 4.32 Å². The molecule has 0 rings (SSSR count). The highest BCUT2D eigenvalue weighted by Crippen LogP contribution is 2.17. The summed E-state index contributed by atoms with van der Waals surface area (Å²) in [5.74, 6) is -0.200. The van der Waals surface area contributed by atoms with Crippen molar-refractivity contribution in [2.45, 2.75) is 31.5 Å². The highest BCUT2D eigenvalue weighted by Gasteiger charge is 2.24. The first-order chi connectivity index (χ1) is 4.48. The molecule has 0 heterocycles. The molecule has 0 saturated heterocycles. The van der Waals surface area contributed by atoms with E-state index in [0.717, 1.165) is 6.42 Å². The monoisotopic (exact) mass is 208 g/mol. The van der Waals surface area contributed by atoms with Gasteiger partial charge in [0.25, 0.3) is 0 Å². The summed E-state index contributed by atoms with van der Waals surface area (Å²) in [4.78, 5) is 11.0. The van der Waals surface area contributed by atoms with Crippen molar-refractivity contribution in [2.24, 2.45) is 0 Å². The molecular formula is C7H13BrO2. The van der Waals surface area contributed by atoms with Gasteiger partial charge in [-0.1, -0.05) is 22.9 Å². The van der Waals surface area contributed by atoms with Crippen molar-refractivity contribution in [3.05, 3.63) is 0 Å². The zero-order chi connectivity index (χ0) is 8.20. The van der Waals surface area contributed by atoms with E-state index in [4.69, 9.17) is 4.74 Å². The molecule has 3 heteroatoms. The minimum absolute atomic E-state index is 0.200. The summed E-state index contributed by atoms with van der Waals surface area (Å²) < 4.78 is 4.33. The minimum Gasteiger partial charge on any atom is -0.465 e. The summed E-state index contributed by atoms with van der Waals surface area (Å²) in [6.45, 7) is 6.01. The van der Waals surface area contributed by atoms with Gasteiger partial charge in [-0.2, -0.15) is 0 Å². The Morgan fingerprint density at radius 3 is 2.40 bits per heavy atom. The Labute approximate surface area is 70.1 Å². The summed E-state index contributed by atoms with van der Waals surface area (Å²) in [6, 6.07) is 0. The molecule has 0 aromatic carbocycles. The van der Waals surface area contributed by atoms with Crippen LogP contribution in [0.4, 0.5) is 0 Å². The second-order valence-electron chi connectivity index (χ2n) is 2.61. The van der Waals surface area contributed by atoms with Crippen molar-refractivity contribution in [3.63, 3.8) is 0 Å². The van der Waals surface area contributed by atoms with Crippen LogP contribution in [0.2, 0.25) is 0 Å². The number of esters is 1. The minimum atomic E-state index is -0.540. The maximum absolute atomic E-state index is 11.0. The number of rotatable bonds is 3. The van der Waals surface area contributed by atoms with Gasteiger partial charge in [-0.25, -0.2) is 0 Å². The van der Waals surface area contributed by atoms with Crippen LogP contribution in [-0.2, 0) is 9.53 Å². The summed E-state index contributed by atoms with van der Waals surface area (Å²) in [6.07, 6.45) is 0.870. The quantitative estimate of drug-likeness (QED) is 0.525. The van der Waals surface area contributed by atoms with E-state index in [1.807, 2.05) is 6.92 Å². The van der Waals surface area contributed by atoms with Crippen LogP contribution in [0, 0.1) is 0 Å². The van der Waals surface area contributed by atoms with E-state index >= 15 is 0 Å². The van der Waals surface area contributed by atoms with Crippen molar-refractivity contribution >= 4 is 21.9 Å². The number of alkyl halides is 1. The van der Waals surface area contributed by atoms with Gasteiger partial charge in [0.05, 0.1) is 6.61 Å². The Hall–Kier alpha value is -0.0500. The molecule has 0 N–H and O–H groups in total. The van der Waals surface area contributed by atoms with E-state index in [1.54, 1.807) is 13.8 Å². The lowest BCUT2D eigenvalue weighted by Crippen LogP contribution is -2.26. The molecule has 0 spiro atoms. The number of hydrogen-bond acceptors (Lipinski definition) is 2. The number of ether oxygens (including phenoxy) is 1. The van der Waals surface area contributed by atoms with Crippen LogP contribution in [0.15, 0.2) is 0 Å². The lowest BCUT2D eigenvalue weighted by Gasteiger charge is -2.13. The molecule has 2 nitrogen and oxygen atoms in total. The lowest BCUT2D eigenvalue weighted by atomic mass is 10.2. The number of carbonyl (C=O) groups is 1. The molecule has 0 aromatic heterocycles. The first-order valence-electron chi connectivity index (χ1n) is 3.34. The van der Waals surface area contributed by atoms with Crippen LogP contribution in [0.25, 0.3) is 0 Å². The molecule has 0 aromatic rings. The third-order valence-corrected chi connectivity index (χ3v) is 1.25. The zero-order valence-corrected chi connectivity index (χ0v) is 8.19. The Balaban J connectivity index is 3.64. The van der Waals surface area contributed by atoms with Crippen LogP contribution in [-0.4, -0.2) is 16.9 Å². The predicted molar refractivity (Wildman–Crippen MR) is 44.3 cm³/mol. The molecule has 0 saturated carbocycles. The smallest absolute Gasteiger partial charge is 0.322 e. The fraction of sp³-hybridized carbons (Fsp3) is 0.857. The summed E-state index contributed by atoms with van der Waals surface area (Å²) >= 11 is 3.20. The molecule has 60 valence electrons. The molecule has 0 bridgehead atoms. The normalized spacial score (nSPS) is 11.2. The maximum Gasteiger partial charge on any atom is 0.322 e. The van der Waals surface area contributed by atoms with Crippen LogP contribution in [0.1, 0.15) is 27.2 Å². The van der Waals surface area contributed by atoms with Crippen LogP contribution in [0.5, 0.6) is 0 Å². The molecule has 0 fully saturated rings. The average Bonchev–Trinajstić information content (AvgIpc) is 1.80. The molecule has 0 amide bonds. The SMILES string of the molecule is CCCOC(=O)C(C)(C)Br. The van der Waals surface area contributed by atoms with Crippen molar-refractivity contribution in [2.75, 3.05) is 6.61 Å². The highest BCUT2D eigenvalue weighted by molar-refractivity contribution is 9.10.